The molecule has 0 aliphatic carbocycles. The fraction of sp³-hybridized carbons (Fsp3) is 0.375. The number of aromatic nitrogens is 1. The molecule has 1 rings (SSSR count). The number of hydrogen-bond acceptors (Lipinski definition) is 3. The summed E-state index contributed by atoms with van der Waals surface area (Å²) in [6, 6.07) is 0. The molecule has 0 amide bonds. The highest BCUT2D eigenvalue weighted by Crippen LogP contribution is 2.28. The Morgan fingerprint density at radius 1 is 1.53 bits per heavy atom. The number of ether oxygens (including phenoxy) is 1. The third-order valence-electron chi connectivity index (χ3n) is 1.78. The Kier molecular flexibility index (Phi) is 3.77. The van der Waals surface area contributed by atoms with Gasteiger partial charge in [0.25, 0.3) is 0 Å². The summed E-state index contributed by atoms with van der Waals surface area (Å²) in [5.41, 5.74) is 6.30. The number of pyridine rings is 1. The number of alkyl halides is 3. The van der Waals surface area contributed by atoms with Gasteiger partial charge in [0.2, 0.25) is 0 Å². The van der Waals surface area contributed by atoms with Gasteiger partial charge >= 0.3 is 6.36 Å². The number of nitrogens with zero attached hydrogens (tertiary/aromatic N) is 1. The fourth-order valence-corrected chi connectivity index (χ4v) is 1.53. The SMILES string of the molecule is Cc1c(I)ncc(OC(F)(F)F)c1CN. The zero-order chi connectivity index (χ0) is 11.6. The zero-order valence-corrected chi connectivity index (χ0v) is 9.89. The van der Waals surface area contributed by atoms with Crippen LogP contribution < -0.4 is 10.5 Å². The van der Waals surface area contributed by atoms with Crippen molar-refractivity contribution in [1.82, 2.24) is 4.98 Å². The van der Waals surface area contributed by atoms with Gasteiger partial charge in [-0.25, -0.2) is 4.98 Å². The summed E-state index contributed by atoms with van der Waals surface area (Å²) < 4.78 is 40.4. The van der Waals surface area contributed by atoms with Crippen LogP contribution in [0.1, 0.15) is 11.1 Å². The van der Waals surface area contributed by atoms with E-state index >= 15 is 0 Å². The number of rotatable bonds is 2. The first-order chi connectivity index (χ1) is 6.85. The highest BCUT2D eigenvalue weighted by Gasteiger charge is 2.32. The topological polar surface area (TPSA) is 48.1 Å². The molecule has 0 fully saturated rings. The van der Waals surface area contributed by atoms with Crippen LogP contribution >= 0.6 is 22.6 Å². The van der Waals surface area contributed by atoms with Gasteiger partial charge in [-0.15, -0.1) is 13.2 Å². The van der Waals surface area contributed by atoms with Crippen LogP contribution in [0, 0.1) is 10.6 Å². The first kappa shape index (κ1) is 12.5. The van der Waals surface area contributed by atoms with Crippen molar-refractivity contribution in [3.05, 3.63) is 21.0 Å². The molecule has 1 aromatic heterocycles. The molecule has 0 spiro atoms. The van der Waals surface area contributed by atoms with E-state index in [9.17, 15) is 13.2 Å². The minimum atomic E-state index is -4.72. The lowest BCUT2D eigenvalue weighted by Crippen LogP contribution is -2.19. The van der Waals surface area contributed by atoms with Crippen molar-refractivity contribution in [2.45, 2.75) is 19.8 Å². The van der Waals surface area contributed by atoms with Gasteiger partial charge < -0.3 is 10.5 Å². The molecule has 0 aliphatic rings. The number of nitrogens with two attached hydrogens (primary N) is 1. The molecule has 0 radical (unpaired) electrons. The largest absolute Gasteiger partial charge is 0.573 e. The van der Waals surface area contributed by atoms with Crippen LogP contribution in [0.5, 0.6) is 5.75 Å². The summed E-state index contributed by atoms with van der Waals surface area (Å²) in [5, 5.41) is 0. The van der Waals surface area contributed by atoms with E-state index in [4.69, 9.17) is 5.73 Å². The van der Waals surface area contributed by atoms with E-state index in [-0.39, 0.29) is 12.3 Å². The molecule has 0 saturated heterocycles. The van der Waals surface area contributed by atoms with Gasteiger partial charge in [-0.05, 0) is 35.1 Å². The molecule has 1 aromatic rings. The van der Waals surface area contributed by atoms with Crippen molar-refractivity contribution in [2.24, 2.45) is 5.73 Å². The normalized spacial score (nSPS) is 11.6. The van der Waals surface area contributed by atoms with Crippen molar-refractivity contribution in [3.8, 4) is 5.75 Å². The predicted octanol–water partition coefficient (Wildman–Crippen LogP) is 2.35. The molecule has 84 valence electrons. The summed E-state index contributed by atoms with van der Waals surface area (Å²) in [6.45, 7) is 1.63. The van der Waals surface area contributed by atoms with E-state index in [1.165, 1.54) is 0 Å². The molecule has 0 saturated carbocycles. The molecule has 2 N–H and O–H groups in total. The van der Waals surface area contributed by atoms with Crippen molar-refractivity contribution in [1.29, 1.82) is 0 Å². The lowest BCUT2D eigenvalue weighted by atomic mass is 10.1. The second-order valence-electron chi connectivity index (χ2n) is 2.77. The first-order valence-electron chi connectivity index (χ1n) is 3.95. The molecule has 0 bridgehead atoms. The van der Waals surface area contributed by atoms with Gasteiger partial charge in [-0.3, -0.25) is 0 Å². The average Bonchev–Trinajstić information content (AvgIpc) is 2.10. The van der Waals surface area contributed by atoms with Gasteiger partial charge in [0.1, 0.15) is 3.70 Å². The molecular formula is C8H8F3IN2O. The van der Waals surface area contributed by atoms with Crippen molar-refractivity contribution in [3.63, 3.8) is 0 Å². The molecule has 0 unspecified atom stereocenters. The standard InChI is InChI=1S/C8H8F3IN2O/c1-4-5(2-13)6(3-14-7(4)12)15-8(9,10)11/h3H,2,13H2,1H3. The summed E-state index contributed by atoms with van der Waals surface area (Å²) >= 11 is 1.92. The van der Waals surface area contributed by atoms with Gasteiger partial charge in [-0.1, -0.05) is 0 Å². The summed E-state index contributed by atoms with van der Waals surface area (Å²) in [7, 11) is 0. The molecule has 1 heterocycles. The van der Waals surface area contributed by atoms with Gasteiger partial charge in [-0.2, -0.15) is 0 Å². The third-order valence-corrected chi connectivity index (χ3v) is 2.87. The monoisotopic (exact) mass is 332 g/mol. The molecular weight excluding hydrogens is 324 g/mol. The Morgan fingerprint density at radius 3 is 2.60 bits per heavy atom. The first-order valence-corrected chi connectivity index (χ1v) is 5.03. The summed E-state index contributed by atoms with van der Waals surface area (Å²) in [6.07, 6.45) is -3.69. The maximum absolute atomic E-state index is 12.0. The van der Waals surface area contributed by atoms with E-state index < -0.39 is 6.36 Å². The van der Waals surface area contributed by atoms with Crippen LogP contribution in [0.15, 0.2) is 6.20 Å². The predicted molar refractivity (Wildman–Crippen MR) is 56.3 cm³/mol. The molecule has 0 aliphatic heterocycles. The van der Waals surface area contributed by atoms with E-state index in [0.717, 1.165) is 6.20 Å². The van der Waals surface area contributed by atoms with Crippen LogP contribution in [0.3, 0.4) is 0 Å². The van der Waals surface area contributed by atoms with Crippen LogP contribution in [-0.4, -0.2) is 11.3 Å². The van der Waals surface area contributed by atoms with E-state index in [2.05, 4.69) is 9.72 Å². The maximum Gasteiger partial charge on any atom is 0.573 e. The van der Waals surface area contributed by atoms with Crippen LogP contribution in [0.4, 0.5) is 13.2 Å². The highest BCUT2D eigenvalue weighted by atomic mass is 127. The minimum Gasteiger partial charge on any atom is -0.404 e. The van der Waals surface area contributed by atoms with Crippen molar-refractivity contribution < 1.29 is 17.9 Å². The smallest absolute Gasteiger partial charge is 0.404 e. The Hall–Kier alpha value is -0.570. The maximum atomic E-state index is 12.0. The Bertz CT molecular complexity index is 368. The Labute approximate surface area is 98.0 Å². The Balaban J connectivity index is 3.14. The van der Waals surface area contributed by atoms with Crippen LogP contribution in [0.25, 0.3) is 0 Å². The zero-order valence-electron chi connectivity index (χ0n) is 7.73. The van der Waals surface area contributed by atoms with E-state index in [1.54, 1.807) is 6.92 Å². The van der Waals surface area contributed by atoms with Crippen LogP contribution in [-0.2, 0) is 6.54 Å². The quantitative estimate of drug-likeness (QED) is 0.668. The third kappa shape index (κ3) is 3.20. The highest BCUT2D eigenvalue weighted by molar-refractivity contribution is 14.1. The van der Waals surface area contributed by atoms with Gasteiger partial charge in [0.05, 0.1) is 6.20 Å². The lowest BCUT2D eigenvalue weighted by molar-refractivity contribution is -0.275. The van der Waals surface area contributed by atoms with E-state index in [1.807, 2.05) is 22.6 Å². The molecule has 3 nitrogen and oxygen atoms in total. The Morgan fingerprint density at radius 2 is 2.13 bits per heavy atom. The second kappa shape index (κ2) is 4.52. The fourth-order valence-electron chi connectivity index (χ4n) is 1.07. The number of hydrogen-bond donors (Lipinski definition) is 1. The van der Waals surface area contributed by atoms with Gasteiger partial charge in [0.15, 0.2) is 5.75 Å². The van der Waals surface area contributed by atoms with Crippen LogP contribution in [0.2, 0.25) is 0 Å². The minimum absolute atomic E-state index is 0.0181. The molecule has 15 heavy (non-hydrogen) atoms. The van der Waals surface area contributed by atoms with Crippen molar-refractivity contribution in [2.75, 3.05) is 0 Å². The van der Waals surface area contributed by atoms with Gasteiger partial charge in [0, 0.05) is 12.1 Å². The van der Waals surface area contributed by atoms with E-state index in [0.29, 0.717) is 14.8 Å². The lowest BCUT2D eigenvalue weighted by Gasteiger charge is -2.14. The van der Waals surface area contributed by atoms with Crippen molar-refractivity contribution >= 4 is 22.6 Å². The summed E-state index contributed by atoms with van der Waals surface area (Å²) in [4.78, 5) is 3.78. The molecule has 7 heteroatoms. The molecule has 0 atom stereocenters. The second-order valence-corrected chi connectivity index (χ2v) is 3.79. The number of halogens is 4. The average molecular weight is 332 g/mol. The summed E-state index contributed by atoms with van der Waals surface area (Å²) in [5.74, 6) is -0.331. The molecule has 0 aromatic carbocycles.